The molecule has 6 rings (SSSR count). The molecule has 1 heterocycles. The molecule has 0 amide bonds. The summed E-state index contributed by atoms with van der Waals surface area (Å²) in [4.78, 5) is 2.58. The molecule has 5 aromatic carbocycles. The minimum Gasteiger partial charge on any atom is -0.418 e. The number of halogens is 4. The van der Waals surface area contributed by atoms with Gasteiger partial charge in [-0.25, -0.2) is 9.48 Å². The maximum Gasteiger partial charge on any atom is 0.673 e. The van der Waals surface area contributed by atoms with Gasteiger partial charge in [0.1, 0.15) is 11.4 Å². The number of hydrogen-bond donors (Lipinski definition) is 0. The van der Waals surface area contributed by atoms with Crippen LogP contribution in [0.4, 0.5) is 28.6 Å². The molecule has 0 radical (unpaired) electrons. The van der Waals surface area contributed by atoms with Crippen molar-refractivity contribution in [3.8, 4) is 11.1 Å². The van der Waals surface area contributed by atoms with E-state index in [1.165, 1.54) is 72.6 Å². The van der Waals surface area contributed by atoms with Crippen LogP contribution < -0.4 is 4.90 Å². The third kappa shape index (κ3) is 7.99. The molecule has 0 fully saturated rings. The third-order valence-electron chi connectivity index (χ3n) is 9.24. The summed E-state index contributed by atoms with van der Waals surface area (Å²) in [5.41, 5.74) is 17.0. The van der Waals surface area contributed by atoms with E-state index in [4.69, 9.17) is 0 Å². The lowest BCUT2D eigenvalue weighted by Gasteiger charge is -2.27. The Morgan fingerprint density at radius 1 is 0.612 bits per heavy atom. The summed E-state index contributed by atoms with van der Waals surface area (Å²) < 4.78 is 41.6. The average molecular weight is 665 g/mol. The third-order valence-corrected chi connectivity index (χ3v) is 9.24. The van der Waals surface area contributed by atoms with Crippen molar-refractivity contribution >= 4 is 25.0 Å². The molecule has 2 atom stereocenters. The topological polar surface area (TPSA) is 6.25 Å². The highest BCUT2D eigenvalue weighted by atomic mass is 19.5. The largest absolute Gasteiger partial charge is 0.673 e. The Kier molecular flexibility index (Phi) is 10.5. The smallest absolute Gasteiger partial charge is 0.418 e. The van der Waals surface area contributed by atoms with Gasteiger partial charge < -0.3 is 17.3 Å². The first-order chi connectivity index (χ1) is 23.1. The van der Waals surface area contributed by atoms with Crippen molar-refractivity contribution in [2.24, 2.45) is 0 Å². The lowest BCUT2D eigenvalue weighted by molar-refractivity contribution is -0.482. The van der Waals surface area contributed by atoms with E-state index in [1.807, 2.05) is 0 Å². The maximum absolute atomic E-state index is 9.75. The van der Waals surface area contributed by atoms with Gasteiger partial charge in [-0.1, -0.05) is 116 Å². The SMILES string of the molecule is Cc1cc(C)c(-c2ccc(C(C)C)cc2N2C=[N+](c3c(C)cc(C)cc3C)[C@@H](c3ccccc3)[C@@H]2c2ccccc2)c(C)c1.F[B-](F)(F)F. The molecule has 0 bridgehead atoms. The Morgan fingerprint density at radius 3 is 1.57 bits per heavy atom. The van der Waals surface area contributed by atoms with Crippen molar-refractivity contribution < 1.29 is 21.8 Å². The van der Waals surface area contributed by atoms with Gasteiger partial charge >= 0.3 is 7.25 Å². The van der Waals surface area contributed by atoms with Crippen LogP contribution in [0.2, 0.25) is 0 Å². The number of nitrogens with zero attached hydrogens (tertiary/aromatic N) is 2. The molecule has 0 spiro atoms. The van der Waals surface area contributed by atoms with E-state index >= 15 is 0 Å². The number of benzene rings is 5. The van der Waals surface area contributed by atoms with Crippen molar-refractivity contribution in [1.29, 1.82) is 0 Å². The Labute approximate surface area is 288 Å². The molecule has 0 aliphatic carbocycles. The fourth-order valence-corrected chi connectivity index (χ4v) is 7.49. The Bertz CT molecular complexity index is 1910. The van der Waals surface area contributed by atoms with Crippen LogP contribution in [0.1, 0.15) is 81.9 Å². The molecular formula is C42H45BF4N2. The van der Waals surface area contributed by atoms with Crippen LogP contribution in [0.3, 0.4) is 0 Å². The van der Waals surface area contributed by atoms with Gasteiger partial charge in [-0.15, -0.1) is 0 Å². The lowest BCUT2D eigenvalue weighted by atomic mass is 9.88. The van der Waals surface area contributed by atoms with E-state index in [-0.39, 0.29) is 12.1 Å². The molecule has 0 N–H and O–H groups in total. The Morgan fingerprint density at radius 2 is 1.08 bits per heavy atom. The number of rotatable bonds is 6. The average Bonchev–Trinajstić information content (AvgIpc) is 3.40. The second kappa shape index (κ2) is 14.5. The highest BCUT2D eigenvalue weighted by molar-refractivity contribution is 6.50. The summed E-state index contributed by atoms with van der Waals surface area (Å²) in [6.07, 6.45) is 2.40. The molecular weight excluding hydrogens is 619 g/mol. The van der Waals surface area contributed by atoms with E-state index in [0.717, 1.165) is 0 Å². The van der Waals surface area contributed by atoms with Gasteiger partial charge in [-0.3, -0.25) is 0 Å². The van der Waals surface area contributed by atoms with Gasteiger partial charge in [0.25, 0.3) is 0 Å². The van der Waals surface area contributed by atoms with Gasteiger partial charge in [0, 0.05) is 16.7 Å². The minimum atomic E-state index is -6.00. The molecule has 49 heavy (non-hydrogen) atoms. The Balaban J connectivity index is 0.000000874. The van der Waals surface area contributed by atoms with Crippen molar-refractivity contribution in [2.45, 2.75) is 73.4 Å². The van der Waals surface area contributed by atoms with E-state index in [9.17, 15) is 17.3 Å². The second-order valence-electron chi connectivity index (χ2n) is 13.6. The van der Waals surface area contributed by atoms with Crippen LogP contribution in [-0.2, 0) is 0 Å². The number of aryl methyl sites for hydroxylation is 6. The molecule has 5 aromatic rings. The van der Waals surface area contributed by atoms with Gasteiger partial charge in [-0.05, 0) is 93.0 Å². The fourth-order valence-electron chi connectivity index (χ4n) is 7.49. The molecule has 0 aromatic heterocycles. The van der Waals surface area contributed by atoms with E-state index in [2.05, 4.69) is 174 Å². The molecule has 0 saturated heterocycles. The van der Waals surface area contributed by atoms with Crippen LogP contribution in [0.25, 0.3) is 11.1 Å². The van der Waals surface area contributed by atoms with Gasteiger partial charge in [-0.2, -0.15) is 0 Å². The van der Waals surface area contributed by atoms with Crippen LogP contribution in [-0.4, -0.2) is 18.2 Å². The van der Waals surface area contributed by atoms with Crippen molar-refractivity contribution in [3.63, 3.8) is 0 Å². The van der Waals surface area contributed by atoms with E-state index < -0.39 is 7.25 Å². The zero-order chi connectivity index (χ0) is 35.6. The van der Waals surface area contributed by atoms with Gasteiger partial charge in [0.15, 0.2) is 12.1 Å². The molecule has 0 unspecified atom stereocenters. The highest BCUT2D eigenvalue weighted by Gasteiger charge is 2.47. The summed E-state index contributed by atoms with van der Waals surface area (Å²) in [5.74, 6) is 0.420. The summed E-state index contributed by atoms with van der Waals surface area (Å²) in [6, 6.07) is 38.7. The fraction of sp³-hybridized carbons (Fsp3) is 0.262. The quantitative estimate of drug-likeness (QED) is 0.0995. The summed E-state index contributed by atoms with van der Waals surface area (Å²) in [5, 5.41) is 0. The zero-order valence-corrected chi connectivity index (χ0v) is 29.6. The first kappa shape index (κ1) is 35.7. The van der Waals surface area contributed by atoms with Crippen molar-refractivity contribution in [3.05, 3.63) is 153 Å². The summed E-state index contributed by atoms with van der Waals surface area (Å²) in [7, 11) is -6.00. The zero-order valence-electron chi connectivity index (χ0n) is 29.6. The standard InChI is InChI=1S/C42H45N2.BF4/c1-27(2)36-19-20-37(39-30(5)21-28(3)22-31(39)6)38(25-36)43-26-44(40-32(7)23-29(4)24-33(40)8)42(35-17-13-10-14-18-35)41(43)34-15-11-9-12-16-34;2-1(3,4)5/h9-27,41-42H,1-8H3;/q+1;-1/t41-,42-;/m0./s1. The molecule has 1 aliphatic rings. The van der Waals surface area contributed by atoms with Crippen LogP contribution >= 0.6 is 0 Å². The number of anilines is 1. The van der Waals surface area contributed by atoms with Gasteiger partial charge in [0.05, 0.1) is 0 Å². The summed E-state index contributed by atoms with van der Waals surface area (Å²) >= 11 is 0. The summed E-state index contributed by atoms with van der Waals surface area (Å²) in [6.45, 7) is 18.0. The van der Waals surface area contributed by atoms with Crippen LogP contribution in [0.15, 0.2) is 103 Å². The predicted octanol–water partition coefficient (Wildman–Crippen LogP) is 12.3. The first-order valence-corrected chi connectivity index (χ1v) is 16.8. The molecule has 254 valence electrons. The second-order valence-corrected chi connectivity index (χ2v) is 13.6. The Hall–Kier alpha value is -4.65. The monoisotopic (exact) mass is 664 g/mol. The highest BCUT2D eigenvalue weighted by Crippen LogP contribution is 2.49. The number of hydrogen-bond acceptors (Lipinski definition) is 1. The van der Waals surface area contributed by atoms with E-state index in [1.54, 1.807) is 0 Å². The maximum atomic E-state index is 9.75. The van der Waals surface area contributed by atoms with Crippen LogP contribution in [0, 0.1) is 41.5 Å². The molecule has 0 saturated carbocycles. The molecule has 1 aliphatic heterocycles. The minimum absolute atomic E-state index is 0.0610. The van der Waals surface area contributed by atoms with Crippen molar-refractivity contribution in [2.75, 3.05) is 4.90 Å². The lowest BCUT2D eigenvalue weighted by Crippen LogP contribution is -2.27. The molecule has 7 heteroatoms. The van der Waals surface area contributed by atoms with Gasteiger partial charge in [0.2, 0.25) is 6.34 Å². The predicted molar refractivity (Wildman–Crippen MR) is 198 cm³/mol. The normalized spacial score (nSPS) is 16.0. The van der Waals surface area contributed by atoms with Crippen LogP contribution in [0.5, 0.6) is 0 Å². The van der Waals surface area contributed by atoms with E-state index in [0.29, 0.717) is 5.92 Å². The van der Waals surface area contributed by atoms with Crippen molar-refractivity contribution in [1.82, 2.24) is 0 Å². The molecule has 2 nitrogen and oxygen atoms in total. The first-order valence-electron chi connectivity index (χ1n) is 16.8.